The van der Waals surface area contributed by atoms with E-state index in [1.54, 1.807) is 30.3 Å². The molecule has 0 unspecified atom stereocenters. The first-order chi connectivity index (χ1) is 16.6. The second kappa shape index (κ2) is 11.2. The van der Waals surface area contributed by atoms with Crippen molar-refractivity contribution in [2.45, 2.75) is 25.6 Å². The number of nitrogens with one attached hydrogen (secondary N) is 1. The van der Waals surface area contributed by atoms with Crippen LogP contribution >= 0.6 is 11.6 Å². The molecule has 184 valence electrons. The van der Waals surface area contributed by atoms with Gasteiger partial charge in [-0.1, -0.05) is 54.1 Å². The van der Waals surface area contributed by atoms with Gasteiger partial charge in [-0.3, -0.25) is 4.98 Å². The highest BCUT2D eigenvalue weighted by Crippen LogP contribution is 2.46. The van der Waals surface area contributed by atoms with Crippen molar-refractivity contribution in [2.24, 2.45) is 0 Å². The molecule has 35 heavy (non-hydrogen) atoms. The van der Waals surface area contributed by atoms with Crippen LogP contribution in [0.2, 0.25) is 5.02 Å². The van der Waals surface area contributed by atoms with Gasteiger partial charge in [-0.2, -0.15) is 17.6 Å². The molecule has 0 aliphatic heterocycles. The van der Waals surface area contributed by atoms with Gasteiger partial charge < -0.3 is 14.8 Å². The van der Waals surface area contributed by atoms with E-state index in [4.69, 9.17) is 21.1 Å². The van der Waals surface area contributed by atoms with Crippen molar-refractivity contribution in [3.05, 3.63) is 84.0 Å². The first-order valence-corrected chi connectivity index (χ1v) is 10.8. The van der Waals surface area contributed by atoms with Crippen LogP contribution in [0.25, 0.3) is 22.4 Å². The Morgan fingerprint density at radius 2 is 1.89 bits per heavy atom. The van der Waals surface area contributed by atoms with Crippen molar-refractivity contribution >= 4 is 17.7 Å². The topological polar surface area (TPSA) is 60.5 Å². The second-order valence-electron chi connectivity index (χ2n) is 7.32. The molecule has 3 rings (SSSR count). The number of amides is 1. The van der Waals surface area contributed by atoms with Crippen molar-refractivity contribution < 1.29 is 31.8 Å². The smallest absolute Gasteiger partial charge is 0.442 e. The summed E-state index contributed by atoms with van der Waals surface area (Å²) in [5.74, 6) is -0.546. The summed E-state index contributed by atoms with van der Waals surface area (Å²) in [7, 11) is 0. The normalized spacial score (nSPS) is 12.2. The highest BCUT2D eigenvalue weighted by molar-refractivity contribution is 6.30. The minimum absolute atomic E-state index is 0.0212. The summed E-state index contributed by atoms with van der Waals surface area (Å²) in [6.07, 6.45) is -7.91. The van der Waals surface area contributed by atoms with Gasteiger partial charge in [0, 0.05) is 29.4 Å². The fraction of sp³-hybridized carbons (Fsp3) is 0.200. The number of hydrogen-bond acceptors (Lipinski definition) is 4. The summed E-state index contributed by atoms with van der Waals surface area (Å²) in [5, 5.41) is 2.74. The summed E-state index contributed by atoms with van der Waals surface area (Å²) in [5.41, 5.74) is 0.857. The summed E-state index contributed by atoms with van der Waals surface area (Å²) in [4.78, 5) is 16.2. The first-order valence-electron chi connectivity index (χ1n) is 10.4. The maximum Gasteiger partial charge on any atom is 0.461 e. The van der Waals surface area contributed by atoms with Crippen molar-refractivity contribution in [3.63, 3.8) is 0 Å². The fourth-order valence-corrected chi connectivity index (χ4v) is 3.40. The van der Waals surface area contributed by atoms with E-state index in [9.17, 15) is 22.4 Å². The second-order valence-corrected chi connectivity index (χ2v) is 7.75. The minimum Gasteiger partial charge on any atom is -0.442 e. The van der Waals surface area contributed by atoms with E-state index >= 15 is 0 Å². The van der Waals surface area contributed by atoms with E-state index in [1.807, 2.05) is 0 Å². The van der Waals surface area contributed by atoms with Gasteiger partial charge in [0.1, 0.15) is 11.9 Å². The van der Waals surface area contributed by atoms with Crippen LogP contribution in [0.15, 0.2) is 73.4 Å². The molecule has 0 saturated carbocycles. The lowest BCUT2D eigenvalue weighted by atomic mass is 9.92. The molecule has 0 spiro atoms. The predicted octanol–water partition coefficient (Wildman–Crippen LogP) is 7.28. The van der Waals surface area contributed by atoms with Crippen LogP contribution in [0.1, 0.15) is 18.6 Å². The lowest BCUT2D eigenvalue weighted by Gasteiger charge is -2.25. The first kappa shape index (κ1) is 26.0. The number of pyridine rings is 1. The summed E-state index contributed by atoms with van der Waals surface area (Å²) in [6.45, 7) is 5.16. The molecule has 0 radical (unpaired) electrons. The Hall–Kier alpha value is -3.59. The Bertz CT molecular complexity index is 1180. The molecule has 2 aromatic carbocycles. The minimum atomic E-state index is -4.81. The van der Waals surface area contributed by atoms with Gasteiger partial charge >= 0.3 is 18.6 Å². The van der Waals surface area contributed by atoms with E-state index in [2.05, 4.69) is 16.9 Å². The molecular weight excluding hydrogens is 488 g/mol. The third-order valence-electron chi connectivity index (χ3n) is 4.86. The van der Waals surface area contributed by atoms with E-state index in [-0.39, 0.29) is 28.9 Å². The van der Waals surface area contributed by atoms with E-state index in [0.29, 0.717) is 10.6 Å². The summed E-state index contributed by atoms with van der Waals surface area (Å²) in [6, 6.07) is 14.0. The molecule has 1 aromatic heterocycles. The number of carbonyl (C=O) groups is 1. The average molecular weight is 509 g/mol. The van der Waals surface area contributed by atoms with Crippen molar-refractivity contribution in [1.29, 1.82) is 0 Å². The van der Waals surface area contributed by atoms with Crippen LogP contribution in [0, 0.1) is 0 Å². The zero-order valence-corrected chi connectivity index (χ0v) is 19.2. The fourth-order valence-electron chi connectivity index (χ4n) is 3.28. The average Bonchev–Trinajstić information content (AvgIpc) is 2.83. The number of benzene rings is 2. The van der Waals surface area contributed by atoms with Crippen LogP contribution in [0.3, 0.4) is 0 Å². The number of hydrogen-bond donors (Lipinski definition) is 1. The summed E-state index contributed by atoms with van der Waals surface area (Å²) < 4.78 is 64.9. The van der Waals surface area contributed by atoms with Crippen LogP contribution < -0.4 is 10.1 Å². The van der Waals surface area contributed by atoms with Crippen molar-refractivity contribution in [3.8, 4) is 28.1 Å². The van der Waals surface area contributed by atoms with Crippen LogP contribution in [0.5, 0.6) is 5.75 Å². The largest absolute Gasteiger partial charge is 0.461 e. The van der Waals surface area contributed by atoms with Crippen LogP contribution in [0.4, 0.5) is 22.4 Å². The Morgan fingerprint density at radius 1 is 1.17 bits per heavy atom. The highest BCUT2D eigenvalue weighted by atomic mass is 35.5. The molecule has 10 heteroatoms. The molecule has 1 amide bonds. The Morgan fingerprint density at radius 3 is 2.49 bits per heavy atom. The van der Waals surface area contributed by atoms with Gasteiger partial charge in [0.25, 0.3) is 0 Å². The number of halogens is 5. The van der Waals surface area contributed by atoms with E-state index < -0.39 is 30.5 Å². The Kier molecular flexibility index (Phi) is 8.34. The van der Waals surface area contributed by atoms with Gasteiger partial charge in [0.15, 0.2) is 0 Å². The lowest BCUT2D eigenvalue weighted by Crippen LogP contribution is -2.34. The molecule has 5 nitrogen and oxygen atoms in total. The Balaban J connectivity index is 2.25. The highest BCUT2D eigenvalue weighted by Gasteiger charge is 2.45. The number of alkyl halides is 4. The maximum absolute atomic E-state index is 14.3. The SMILES string of the molecule is C=CCNC(=O)O[C@@H](C)c1ccc(-c2ccc(Cl)cn2)c(OC(F)(F)C(F)F)c1-c1ccccc1. The van der Waals surface area contributed by atoms with Gasteiger partial charge in [0.05, 0.1) is 10.7 Å². The van der Waals surface area contributed by atoms with Gasteiger partial charge in [0.2, 0.25) is 0 Å². The van der Waals surface area contributed by atoms with Gasteiger partial charge in [-0.05, 0) is 30.7 Å². The van der Waals surface area contributed by atoms with Gasteiger partial charge in [-0.25, -0.2) is 4.79 Å². The molecule has 1 N–H and O–H groups in total. The number of alkyl carbamates (subject to hydrolysis) is 1. The predicted molar refractivity (Wildman–Crippen MR) is 125 cm³/mol. The summed E-state index contributed by atoms with van der Waals surface area (Å²) >= 11 is 5.89. The van der Waals surface area contributed by atoms with Gasteiger partial charge in [-0.15, -0.1) is 6.58 Å². The third-order valence-corrected chi connectivity index (χ3v) is 5.08. The quantitative estimate of drug-likeness (QED) is 0.244. The lowest BCUT2D eigenvalue weighted by molar-refractivity contribution is -0.252. The molecule has 0 fully saturated rings. The number of nitrogens with zero attached hydrogens (tertiary/aromatic N) is 1. The molecule has 3 aromatic rings. The standard InChI is InChI=1S/C25H21ClF4N2O3/c1-3-13-31-24(33)34-15(2)18-10-11-19(20-12-9-17(26)14-32-20)22(35-25(29,30)23(27)28)21(18)16-7-5-4-6-8-16/h3-12,14-15,23H,1,13H2,2H3,(H,31,33)/t15-/m0/s1. The Labute approximate surface area is 204 Å². The van der Waals surface area contributed by atoms with E-state index in [0.717, 1.165) is 0 Å². The molecular formula is C25H21ClF4N2O3. The molecule has 0 aliphatic carbocycles. The number of rotatable bonds is 9. The molecule has 1 atom stereocenters. The number of carbonyl (C=O) groups excluding carboxylic acids is 1. The monoisotopic (exact) mass is 508 g/mol. The zero-order valence-electron chi connectivity index (χ0n) is 18.5. The zero-order chi connectivity index (χ0) is 25.6. The molecule has 1 heterocycles. The van der Waals surface area contributed by atoms with Crippen LogP contribution in [-0.4, -0.2) is 30.2 Å². The maximum atomic E-state index is 14.3. The number of aromatic nitrogens is 1. The third kappa shape index (κ3) is 6.30. The number of ether oxygens (including phenoxy) is 2. The molecule has 0 bridgehead atoms. The molecule has 0 saturated heterocycles. The van der Waals surface area contributed by atoms with Crippen molar-refractivity contribution in [2.75, 3.05) is 6.54 Å². The van der Waals surface area contributed by atoms with Crippen LogP contribution in [-0.2, 0) is 4.74 Å². The molecule has 0 aliphatic rings. The van der Waals surface area contributed by atoms with E-state index in [1.165, 1.54) is 43.5 Å². The van der Waals surface area contributed by atoms with Crippen molar-refractivity contribution in [1.82, 2.24) is 10.3 Å².